The molecular formula is C10H13Cl2NO2S. The first-order valence-electron chi connectivity index (χ1n) is 4.81. The van der Waals surface area contributed by atoms with Gasteiger partial charge >= 0.3 is 0 Å². The number of nitrogens with zero attached hydrogens (tertiary/aromatic N) is 1. The van der Waals surface area contributed by atoms with Crippen molar-refractivity contribution >= 4 is 33.2 Å². The minimum atomic E-state index is -3.54. The molecule has 0 bridgehead atoms. The van der Waals surface area contributed by atoms with Gasteiger partial charge in [0.1, 0.15) is 4.90 Å². The summed E-state index contributed by atoms with van der Waals surface area (Å²) in [4.78, 5) is 0.0533. The van der Waals surface area contributed by atoms with Crippen molar-refractivity contribution in [2.45, 2.75) is 18.2 Å². The molecule has 6 heteroatoms. The number of sulfonamides is 1. The Bertz CT molecular complexity index is 474. The van der Waals surface area contributed by atoms with Gasteiger partial charge in [-0.05, 0) is 18.6 Å². The largest absolute Gasteiger partial charge is 0.244 e. The van der Waals surface area contributed by atoms with Gasteiger partial charge in [0.05, 0.1) is 10.0 Å². The molecular weight excluding hydrogens is 269 g/mol. The molecule has 0 aliphatic rings. The summed E-state index contributed by atoms with van der Waals surface area (Å²) in [5.74, 6) is 0. The fraction of sp³-hybridized carbons (Fsp3) is 0.400. The second-order valence-electron chi connectivity index (χ2n) is 3.38. The van der Waals surface area contributed by atoms with E-state index in [0.29, 0.717) is 6.54 Å². The van der Waals surface area contributed by atoms with Crippen LogP contribution >= 0.6 is 23.2 Å². The molecule has 0 saturated carbocycles. The van der Waals surface area contributed by atoms with Crippen molar-refractivity contribution < 1.29 is 8.42 Å². The van der Waals surface area contributed by atoms with Crippen LogP contribution in [-0.2, 0) is 10.0 Å². The number of rotatable bonds is 4. The second kappa shape index (κ2) is 5.36. The quantitative estimate of drug-likeness (QED) is 0.851. The third kappa shape index (κ3) is 2.69. The van der Waals surface area contributed by atoms with Gasteiger partial charge in [-0.25, -0.2) is 12.7 Å². The van der Waals surface area contributed by atoms with Crippen LogP contribution in [0.15, 0.2) is 23.1 Å². The minimum Gasteiger partial charge on any atom is -0.207 e. The van der Waals surface area contributed by atoms with Gasteiger partial charge < -0.3 is 0 Å². The summed E-state index contributed by atoms with van der Waals surface area (Å²) in [6.45, 7) is 2.36. The minimum absolute atomic E-state index is 0.0533. The first-order chi connectivity index (χ1) is 7.41. The molecule has 90 valence electrons. The van der Waals surface area contributed by atoms with Gasteiger partial charge in [-0.2, -0.15) is 0 Å². The van der Waals surface area contributed by atoms with Crippen LogP contribution in [0.4, 0.5) is 0 Å². The van der Waals surface area contributed by atoms with Crippen molar-refractivity contribution in [3.8, 4) is 0 Å². The molecule has 0 radical (unpaired) electrons. The van der Waals surface area contributed by atoms with E-state index in [1.54, 1.807) is 12.1 Å². The third-order valence-corrected chi connectivity index (χ3v) is 4.97. The van der Waals surface area contributed by atoms with Crippen molar-refractivity contribution in [3.63, 3.8) is 0 Å². The monoisotopic (exact) mass is 281 g/mol. The number of hydrogen-bond acceptors (Lipinski definition) is 2. The van der Waals surface area contributed by atoms with Crippen LogP contribution < -0.4 is 0 Å². The molecule has 0 aliphatic carbocycles. The van der Waals surface area contributed by atoms with E-state index in [4.69, 9.17) is 23.2 Å². The highest BCUT2D eigenvalue weighted by Crippen LogP contribution is 2.30. The Kier molecular flexibility index (Phi) is 4.62. The normalized spacial score (nSPS) is 12.1. The molecule has 0 N–H and O–H groups in total. The molecule has 0 unspecified atom stereocenters. The van der Waals surface area contributed by atoms with Crippen LogP contribution in [0.25, 0.3) is 0 Å². The smallest absolute Gasteiger partial charge is 0.207 e. The van der Waals surface area contributed by atoms with Gasteiger partial charge in [0.15, 0.2) is 0 Å². The van der Waals surface area contributed by atoms with Crippen molar-refractivity contribution in [1.29, 1.82) is 0 Å². The Labute approximate surface area is 106 Å². The van der Waals surface area contributed by atoms with E-state index in [1.807, 2.05) is 6.92 Å². The first kappa shape index (κ1) is 13.8. The highest BCUT2D eigenvalue weighted by atomic mass is 35.5. The summed E-state index contributed by atoms with van der Waals surface area (Å²) in [5.41, 5.74) is 0. The van der Waals surface area contributed by atoms with E-state index in [9.17, 15) is 8.42 Å². The lowest BCUT2D eigenvalue weighted by Gasteiger charge is -2.17. The van der Waals surface area contributed by atoms with E-state index < -0.39 is 10.0 Å². The van der Waals surface area contributed by atoms with Crippen LogP contribution in [0, 0.1) is 0 Å². The van der Waals surface area contributed by atoms with Crippen LogP contribution in [-0.4, -0.2) is 26.3 Å². The summed E-state index contributed by atoms with van der Waals surface area (Å²) in [6, 6.07) is 4.58. The van der Waals surface area contributed by atoms with Crippen molar-refractivity contribution in [1.82, 2.24) is 4.31 Å². The van der Waals surface area contributed by atoms with Gasteiger partial charge in [-0.15, -0.1) is 0 Å². The van der Waals surface area contributed by atoms with E-state index in [-0.39, 0.29) is 14.9 Å². The lowest BCUT2D eigenvalue weighted by atomic mass is 10.4. The van der Waals surface area contributed by atoms with Gasteiger partial charge in [0.2, 0.25) is 10.0 Å². The molecule has 0 spiro atoms. The number of halogens is 2. The molecule has 0 fully saturated rings. The molecule has 1 aromatic carbocycles. The van der Waals surface area contributed by atoms with E-state index >= 15 is 0 Å². The predicted octanol–water partition coefficient (Wildman–Crippen LogP) is 3.02. The van der Waals surface area contributed by atoms with Gasteiger partial charge in [0.25, 0.3) is 0 Å². The molecule has 1 aromatic rings. The highest BCUT2D eigenvalue weighted by molar-refractivity contribution is 7.89. The first-order valence-corrected chi connectivity index (χ1v) is 7.01. The predicted molar refractivity (Wildman–Crippen MR) is 66.6 cm³/mol. The van der Waals surface area contributed by atoms with Crippen molar-refractivity contribution in [3.05, 3.63) is 28.2 Å². The average molecular weight is 282 g/mol. The van der Waals surface area contributed by atoms with Crippen LogP contribution in [0.3, 0.4) is 0 Å². The molecule has 1 rings (SSSR count). The topological polar surface area (TPSA) is 37.4 Å². The molecule has 0 atom stereocenters. The maximum Gasteiger partial charge on any atom is 0.244 e. The summed E-state index contributed by atoms with van der Waals surface area (Å²) in [5, 5.41) is 0.319. The Balaban J connectivity index is 3.22. The Hall–Kier alpha value is -0.290. The second-order valence-corrected chi connectivity index (χ2v) is 6.18. The summed E-state index contributed by atoms with van der Waals surface area (Å²) in [6.07, 6.45) is 0.744. The molecule has 16 heavy (non-hydrogen) atoms. The zero-order valence-electron chi connectivity index (χ0n) is 9.07. The Morgan fingerprint density at radius 2 is 1.94 bits per heavy atom. The van der Waals surface area contributed by atoms with E-state index in [2.05, 4.69) is 0 Å². The van der Waals surface area contributed by atoms with Gasteiger partial charge in [-0.1, -0.05) is 36.2 Å². The lowest BCUT2D eigenvalue weighted by molar-refractivity contribution is 0.468. The maximum atomic E-state index is 12.1. The Morgan fingerprint density at radius 1 is 1.31 bits per heavy atom. The molecule has 0 aliphatic heterocycles. The molecule has 3 nitrogen and oxygen atoms in total. The van der Waals surface area contributed by atoms with E-state index in [1.165, 1.54) is 17.4 Å². The summed E-state index contributed by atoms with van der Waals surface area (Å²) < 4.78 is 25.4. The van der Waals surface area contributed by atoms with E-state index in [0.717, 1.165) is 6.42 Å². The van der Waals surface area contributed by atoms with Crippen LogP contribution in [0.2, 0.25) is 10.0 Å². The van der Waals surface area contributed by atoms with Crippen LogP contribution in [0.5, 0.6) is 0 Å². The summed E-state index contributed by atoms with van der Waals surface area (Å²) in [7, 11) is -2.01. The zero-order valence-corrected chi connectivity index (χ0v) is 11.4. The zero-order chi connectivity index (χ0) is 12.3. The Morgan fingerprint density at radius 3 is 2.50 bits per heavy atom. The van der Waals surface area contributed by atoms with Gasteiger partial charge in [0, 0.05) is 13.6 Å². The summed E-state index contributed by atoms with van der Waals surface area (Å²) >= 11 is 11.7. The maximum absolute atomic E-state index is 12.1. The lowest BCUT2D eigenvalue weighted by Crippen LogP contribution is -2.27. The molecule has 0 aromatic heterocycles. The SMILES string of the molecule is CCCN(C)S(=O)(=O)c1cccc(Cl)c1Cl. The molecule has 0 heterocycles. The molecule has 0 saturated heterocycles. The van der Waals surface area contributed by atoms with Gasteiger partial charge in [-0.3, -0.25) is 0 Å². The fourth-order valence-electron chi connectivity index (χ4n) is 1.29. The third-order valence-electron chi connectivity index (χ3n) is 2.14. The molecule has 0 amide bonds. The standard InChI is InChI=1S/C10H13Cl2NO2S/c1-3-7-13(2)16(14,15)9-6-4-5-8(11)10(9)12/h4-6H,3,7H2,1-2H3. The number of benzene rings is 1. The average Bonchev–Trinajstić information content (AvgIpc) is 2.22. The number of hydrogen-bond donors (Lipinski definition) is 0. The van der Waals surface area contributed by atoms with Crippen molar-refractivity contribution in [2.24, 2.45) is 0 Å². The van der Waals surface area contributed by atoms with Crippen LogP contribution in [0.1, 0.15) is 13.3 Å². The fourth-order valence-corrected chi connectivity index (χ4v) is 3.28. The highest BCUT2D eigenvalue weighted by Gasteiger charge is 2.23. The van der Waals surface area contributed by atoms with Crippen molar-refractivity contribution in [2.75, 3.05) is 13.6 Å².